The van der Waals surface area contributed by atoms with Crippen LogP contribution in [0.3, 0.4) is 0 Å². The minimum Gasteiger partial charge on any atom is -0.548 e. The first-order valence-corrected chi connectivity index (χ1v) is 7.85. The van der Waals surface area contributed by atoms with Gasteiger partial charge in [-0.15, -0.1) is 0 Å². The number of nitrogens with one attached hydrogen (secondary N) is 2. The summed E-state index contributed by atoms with van der Waals surface area (Å²) in [6, 6.07) is -2.09. The Morgan fingerprint density at radius 3 is 1.07 bits per heavy atom. The fourth-order valence-electron chi connectivity index (χ4n) is 1.09. The molecule has 0 aliphatic rings. The number of rotatable bonds is 4. The van der Waals surface area contributed by atoms with Crippen LogP contribution in [0.25, 0.3) is 0 Å². The van der Waals surface area contributed by atoms with Crippen molar-refractivity contribution in [3.8, 4) is 0 Å². The molecule has 152 valence electrons. The maximum absolute atomic E-state index is 10.9. The number of carboxylic acid groups (broad SMARTS) is 2. The van der Waals surface area contributed by atoms with Crippen LogP contribution in [0.1, 0.15) is 55.4 Å². The van der Waals surface area contributed by atoms with Crippen LogP contribution < -0.4 is 20.8 Å². The summed E-state index contributed by atoms with van der Waals surface area (Å²) in [7, 11) is 0. The van der Waals surface area contributed by atoms with Gasteiger partial charge in [0, 0.05) is 0 Å². The standard InChI is InChI=1S/2C8H15NO4.Sr/c2*1-5(6(10)11)9-7(12)13-8(2,3)4;/h2*5H,1-4H3,(H,9,12)(H,10,11);/q;;+2/p-2/t2*5-;/m00./s1. The summed E-state index contributed by atoms with van der Waals surface area (Å²) >= 11 is 0. The van der Waals surface area contributed by atoms with Crippen molar-refractivity contribution in [2.75, 3.05) is 0 Å². The normalized spacial score (nSPS) is 12.7. The van der Waals surface area contributed by atoms with Gasteiger partial charge in [-0.1, -0.05) is 0 Å². The molecular weight excluding hydrogens is 436 g/mol. The summed E-state index contributed by atoms with van der Waals surface area (Å²) in [5.74, 6) is -2.68. The maximum Gasteiger partial charge on any atom is 2.00 e. The summed E-state index contributed by atoms with van der Waals surface area (Å²) in [5, 5.41) is 24.7. The first-order valence-electron chi connectivity index (χ1n) is 7.85. The smallest absolute Gasteiger partial charge is 0.548 e. The van der Waals surface area contributed by atoms with Crippen LogP contribution in [0.2, 0.25) is 0 Å². The monoisotopic (exact) mass is 464 g/mol. The molecule has 0 aromatic rings. The molecule has 27 heavy (non-hydrogen) atoms. The van der Waals surface area contributed by atoms with Crippen LogP contribution in [0, 0.1) is 0 Å². The summed E-state index contributed by atoms with van der Waals surface area (Å²) < 4.78 is 9.63. The molecular formula is C16H28N2O8Sr. The van der Waals surface area contributed by atoms with E-state index in [1.165, 1.54) is 13.8 Å². The number of amides is 2. The minimum absolute atomic E-state index is 0. The fraction of sp³-hybridized carbons (Fsp3) is 0.750. The topological polar surface area (TPSA) is 157 Å². The van der Waals surface area contributed by atoms with Crippen LogP contribution in [0.5, 0.6) is 0 Å². The molecule has 0 bridgehead atoms. The van der Waals surface area contributed by atoms with E-state index >= 15 is 0 Å². The number of carboxylic acids is 2. The summed E-state index contributed by atoms with van der Waals surface area (Å²) in [6.07, 6.45) is -1.52. The molecule has 11 heteroatoms. The quantitative estimate of drug-likeness (QED) is 0.498. The molecule has 0 aromatic heterocycles. The Bertz CT molecular complexity index is 466. The summed E-state index contributed by atoms with van der Waals surface area (Å²) in [6.45, 7) is 12.8. The van der Waals surface area contributed by atoms with E-state index in [1.54, 1.807) is 41.5 Å². The second kappa shape index (κ2) is 13.2. The molecule has 0 aliphatic heterocycles. The van der Waals surface area contributed by atoms with E-state index < -0.39 is 47.4 Å². The van der Waals surface area contributed by atoms with Crippen LogP contribution in [-0.2, 0) is 19.1 Å². The number of alkyl carbamates (subject to hydrolysis) is 2. The van der Waals surface area contributed by atoms with Crippen molar-refractivity contribution in [1.82, 2.24) is 10.6 Å². The summed E-state index contributed by atoms with van der Waals surface area (Å²) in [4.78, 5) is 42.3. The molecule has 2 N–H and O–H groups in total. The van der Waals surface area contributed by atoms with Crippen molar-refractivity contribution in [2.24, 2.45) is 0 Å². The zero-order chi connectivity index (χ0) is 21.3. The van der Waals surface area contributed by atoms with Crippen molar-refractivity contribution in [3.63, 3.8) is 0 Å². The summed E-state index contributed by atoms with van der Waals surface area (Å²) in [5.41, 5.74) is -1.26. The Hall–Kier alpha value is -1.04. The number of hydrogen-bond donors (Lipinski definition) is 2. The average Bonchev–Trinajstić information content (AvgIpc) is 2.33. The van der Waals surface area contributed by atoms with Gasteiger partial charge in [0.25, 0.3) is 0 Å². The van der Waals surface area contributed by atoms with E-state index in [9.17, 15) is 29.4 Å². The van der Waals surface area contributed by atoms with Gasteiger partial charge in [-0.05, 0) is 55.4 Å². The third-order valence-electron chi connectivity index (χ3n) is 2.17. The molecule has 0 spiro atoms. The Morgan fingerprint density at radius 2 is 0.926 bits per heavy atom. The van der Waals surface area contributed by atoms with Gasteiger partial charge < -0.3 is 39.9 Å². The van der Waals surface area contributed by atoms with Gasteiger partial charge in [0.2, 0.25) is 0 Å². The van der Waals surface area contributed by atoms with Crippen molar-refractivity contribution in [2.45, 2.75) is 78.7 Å². The average molecular weight is 464 g/mol. The molecule has 0 heterocycles. The second-order valence-corrected chi connectivity index (χ2v) is 7.37. The van der Waals surface area contributed by atoms with Gasteiger partial charge in [0.05, 0.1) is 24.0 Å². The third kappa shape index (κ3) is 21.1. The molecule has 0 radical (unpaired) electrons. The molecule has 0 fully saturated rings. The molecule has 0 aromatic carbocycles. The van der Waals surface area contributed by atoms with Gasteiger partial charge in [-0.25, -0.2) is 9.59 Å². The van der Waals surface area contributed by atoms with Crippen molar-refractivity contribution >= 4 is 69.6 Å². The third-order valence-corrected chi connectivity index (χ3v) is 2.17. The van der Waals surface area contributed by atoms with Gasteiger partial charge in [0.15, 0.2) is 0 Å². The number of ether oxygens (including phenoxy) is 2. The first kappa shape index (κ1) is 30.7. The second-order valence-electron chi connectivity index (χ2n) is 7.37. The molecule has 10 nitrogen and oxygen atoms in total. The number of hydrogen-bond acceptors (Lipinski definition) is 8. The maximum atomic E-state index is 10.9. The van der Waals surface area contributed by atoms with E-state index in [2.05, 4.69) is 10.6 Å². The molecule has 2 atom stereocenters. The van der Waals surface area contributed by atoms with Crippen molar-refractivity contribution < 1.29 is 38.9 Å². The van der Waals surface area contributed by atoms with Gasteiger partial charge in [-0.2, -0.15) is 0 Å². The predicted molar refractivity (Wildman–Crippen MR) is 93.4 cm³/mol. The van der Waals surface area contributed by atoms with E-state index in [1.807, 2.05) is 0 Å². The van der Waals surface area contributed by atoms with E-state index in [4.69, 9.17) is 9.47 Å². The Balaban J connectivity index is -0.000000411. The molecule has 0 rings (SSSR count). The predicted octanol–water partition coefficient (Wildman–Crippen LogP) is -1.08. The fourth-order valence-corrected chi connectivity index (χ4v) is 1.09. The molecule has 2 amide bonds. The van der Waals surface area contributed by atoms with E-state index in [0.717, 1.165) is 0 Å². The number of carbonyl (C=O) groups is 4. The molecule has 0 unspecified atom stereocenters. The zero-order valence-electron chi connectivity index (χ0n) is 17.1. The molecule has 0 aliphatic carbocycles. The largest absolute Gasteiger partial charge is 2.00 e. The van der Waals surface area contributed by atoms with Crippen LogP contribution in [0.15, 0.2) is 0 Å². The zero-order valence-corrected chi connectivity index (χ0v) is 20.6. The van der Waals surface area contributed by atoms with Crippen LogP contribution in [0.4, 0.5) is 9.59 Å². The number of carbonyl (C=O) groups excluding carboxylic acids is 4. The molecule has 0 saturated heterocycles. The van der Waals surface area contributed by atoms with Crippen molar-refractivity contribution in [1.29, 1.82) is 0 Å². The Kier molecular flexibility index (Phi) is 15.0. The van der Waals surface area contributed by atoms with Gasteiger partial charge in [0.1, 0.15) is 11.2 Å². The SMILES string of the molecule is C[C@H](NC(=O)OC(C)(C)C)C(=O)[O-].C[C@H](NC(=O)OC(C)(C)C)C(=O)[O-].[Sr+2]. The molecule has 0 saturated carbocycles. The Morgan fingerprint density at radius 1 is 0.704 bits per heavy atom. The minimum atomic E-state index is -1.34. The van der Waals surface area contributed by atoms with Crippen molar-refractivity contribution in [3.05, 3.63) is 0 Å². The number of aliphatic carboxylic acids is 2. The van der Waals surface area contributed by atoms with Gasteiger partial charge >= 0.3 is 57.7 Å². The van der Waals surface area contributed by atoms with Crippen LogP contribution in [-0.4, -0.2) is 92.9 Å². The van der Waals surface area contributed by atoms with Gasteiger partial charge in [-0.3, -0.25) is 0 Å². The van der Waals surface area contributed by atoms with E-state index in [-0.39, 0.29) is 45.5 Å². The first-order chi connectivity index (χ1) is 11.4. The Labute approximate surface area is 196 Å². The van der Waals surface area contributed by atoms with E-state index in [0.29, 0.717) is 0 Å². The van der Waals surface area contributed by atoms with Crippen LogP contribution >= 0.6 is 0 Å².